The molecule has 0 aliphatic heterocycles. The first-order chi connectivity index (χ1) is 11.7. The number of fused-ring (bicyclic) bond motifs is 1. The van der Waals surface area contributed by atoms with Crippen molar-refractivity contribution in [1.82, 2.24) is 15.0 Å². The van der Waals surface area contributed by atoms with E-state index in [0.29, 0.717) is 23.6 Å². The van der Waals surface area contributed by atoms with Gasteiger partial charge in [-0.05, 0) is 24.8 Å². The maximum atomic E-state index is 12.4. The molecule has 24 heavy (non-hydrogen) atoms. The summed E-state index contributed by atoms with van der Waals surface area (Å²) in [6.07, 6.45) is 4.84. The number of hydrogen-bond donors (Lipinski definition) is 1. The van der Waals surface area contributed by atoms with Gasteiger partial charge in [-0.3, -0.25) is 4.79 Å². The number of thioether (sulfide) groups is 2. The number of nitrogens with zero attached hydrogens (tertiary/aromatic N) is 2. The predicted octanol–water partition coefficient (Wildman–Crippen LogP) is 4.11. The lowest BCUT2D eigenvalue weighted by Crippen LogP contribution is -2.18. The average Bonchev–Trinajstić information content (AvgIpc) is 2.98. The van der Waals surface area contributed by atoms with Crippen molar-refractivity contribution in [2.45, 2.75) is 18.0 Å². The van der Waals surface area contributed by atoms with E-state index >= 15 is 0 Å². The number of nitrogens with one attached hydrogen (secondary N) is 1. The Labute approximate surface area is 152 Å². The Bertz CT molecular complexity index is 884. The van der Waals surface area contributed by atoms with Gasteiger partial charge in [-0.1, -0.05) is 30.0 Å². The predicted molar refractivity (Wildman–Crippen MR) is 105 cm³/mol. The highest BCUT2D eigenvalue weighted by Crippen LogP contribution is 2.24. The van der Waals surface area contributed by atoms with Crippen LogP contribution in [0.1, 0.15) is 16.3 Å². The molecule has 0 aliphatic rings. The van der Waals surface area contributed by atoms with Gasteiger partial charge in [0.1, 0.15) is 0 Å². The van der Waals surface area contributed by atoms with Crippen LogP contribution in [0, 0.1) is 0 Å². The smallest absolute Gasteiger partial charge is 0.255 e. The molecule has 4 nitrogen and oxygen atoms in total. The van der Waals surface area contributed by atoms with Crippen LogP contribution in [0.4, 0.5) is 0 Å². The molecule has 0 amide bonds. The zero-order chi connectivity index (χ0) is 16.9. The maximum Gasteiger partial charge on any atom is 0.255 e. The standard InChI is InChI=1S/C17H17N3OS3/c1-3-6-11-13(19-17(20-16(11)21)23-10-22-2)9-15-18-12-7-4-5-8-14(12)24-15/h3-5,7-8H,1,6,9-10H2,2H3,(H,19,20,21). The number of H-pyrrole nitrogens is 1. The minimum Gasteiger partial charge on any atom is -0.301 e. The lowest BCUT2D eigenvalue weighted by Gasteiger charge is -2.07. The molecule has 0 spiro atoms. The van der Waals surface area contributed by atoms with Gasteiger partial charge in [-0.15, -0.1) is 17.9 Å². The molecule has 2 heterocycles. The van der Waals surface area contributed by atoms with Crippen LogP contribution < -0.4 is 5.56 Å². The highest BCUT2D eigenvalue weighted by Gasteiger charge is 2.14. The number of benzene rings is 1. The molecule has 0 saturated heterocycles. The normalized spacial score (nSPS) is 11.0. The second-order valence-electron chi connectivity index (χ2n) is 5.09. The van der Waals surface area contributed by atoms with Crippen molar-refractivity contribution in [2.24, 2.45) is 0 Å². The molecule has 1 N–H and O–H groups in total. The Morgan fingerprint density at radius 1 is 1.33 bits per heavy atom. The number of thiazole rings is 1. The molecule has 0 fully saturated rings. The van der Waals surface area contributed by atoms with E-state index in [-0.39, 0.29) is 5.56 Å². The third-order valence-electron chi connectivity index (χ3n) is 3.40. The summed E-state index contributed by atoms with van der Waals surface area (Å²) in [4.78, 5) is 24.6. The Hall–Kier alpha value is -1.57. The van der Waals surface area contributed by atoms with Crippen LogP contribution in [0.5, 0.6) is 0 Å². The summed E-state index contributed by atoms with van der Waals surface area (Å²) in [7, 11) is 0. The number of aromatic amines is 1. The van der Waals surface area contributed by atoms with E-state index in [2.05, 4.69) is 27.6 Å². The molecule has 0 saturated carbocycles. The molecular weight excluding hydrogens is 358 g/mol. The molecule has 7 heteroatoms. The van der Waals surface area contributed by atoms with Crippen molar-refractivity contribution in [3.8, 4) is 0 Å². The van der Waals surface area contributed by atoms with Crippen molar-refractivity contribution in [3.05, 3.63) is 63.5 Å². The molecular formula is C17H17N3OS3. The molecule has 1 aromatic carbocycles. The van der Waals surface area contributed by atoms with Gasteiger partial charge in [0.2, 0.25) is 0 Å². The van der Waals surface area contributed by atoms with Crippen molar-refractivity contribution in [1.29, 1.82) is 0 Å². The van der Waals surface area contributed by atoms with Crippen LogP contribution in [0.25, 0.3) is 10.2 Å². The van der Waals surface area contributed by atoms with Gasteiger partial charge in [-0.25, -0.2) is 9.97 Å². The number of rotatable bonds is 7. The van der Waals surface area contributed by atoms with Gasteiger partial charge < -0.3 is 4.98 Å². The molecule has 0 radical (unpaired) electrons. The van der Waals surface area contributed by atoms with Gasteiger partial charge in [0.05, 0.1) is 20.9 Å². The fraction of sp³-hybridized carbons (Fsp3) is 0.235. The van der Waals surface area contributed by atoms with E-state index in [0.717, 1.165) is 26.0 Å². The van der Waals surface area contributed by atoms with Crippen LogP contribution in [-0.4, -0.2) is 26.3 Å². The summed E-state index contributed by atoms with van der Waals surface area (Å²) in [6.45, 7) is 3.75. The second-order valence-corrected chi connectivity index (χ2v) is 8.40. The maximum absolute atomic E-state index is 12.4. The largest absolute Gasteiger partial charge is 0.301 e. The molecule has 3 aromatic rings. The summed E-state index contributed by atoms with van der Waals surface area (Å²) in [5.74, 6) is 0. The summed E-state index contributed by atoms with van der Waals surface area (Å²) in [5.41, 5.74) is 2.38. The molecule has 0 bridgehead atoms. The monoisotopic (exact) mass is 375 g/mol. The van der Waals surface area contributed by atoms with Crippen molar-refractivity contribution >= 4 is 45.1 Å². The van der Waals surface area contributed by atoms with Crippen LogP contribution in [0.2, 0.25) is 0 Å². The fourth-order valence-electron chi connectivity index (χ4n) is 2.34. The Morgan fingerprint density at radius 3 is 2.92 bits per heavy atom. The van der Waals surface area contributed by atoms with Gasteiger partial charge in [0.15, 0.2) is 5.16 Å². The SMILES string of the molecule is C=CCc1c(Cc2nc3ccccc3s2)nc(SCSC)[nH]c1=O. The van der Waals surface area contributed by atoms with Gasteiger partial charge in [0, 0.05) is 17.1 Å². The van der Waals surface area contributed by atoms with Crippen LogP contribution in [-0.2, 0) is 12.8 Å². The molecule has 0 aliphatic carbocycles. The average molecular weight is 376 g/mol. The molecule has 0 unspecified atom stereocenters. The number of hydrogen-bond acceptors (Lipinski definition) is 6. The van der Waals surface area contributed by atoms with E-state index in [1.54, 1.807) is 40.9 Å². The zero-order valence-electron chi connectivity index (χ0n) is 13.2. The van der Waals surface area contributed by atoms with E-state index in [1.165, 1.54) is 0 Å². The minimum absolute atomic E-state index is 0.0791. The lowest BCUT2D eigenvalue weighted by atomic mass is 10.1. The quantitative estimate of drug-likeness (QED) is 0.291. The Kier molecular flexibility index (Phi) is 5.76. The van der Waals surface area contributed by atoms with Crippen LogP contribution >= 0.6 is 34.9 Å². The summed E-state index contributed by atoms with van der Waals surface area (Å²) in [6, 6.07) is 8.06. The van der Waals surface area contributed by atoms with E-state index < -0.39 is 0 Å². The van der Waals surface area contributed by atoms with Gasteiger partial charge >= 0.3 is 0 Å². The summed E-state index contributed by atoms with van der Waals surface area (Å²) in [5, 5.41) is 2.49. The minimum atomic E-state index is -0.0791. The number of allylic oxidation sites excluding steroid dienone is 1. The van der Waals surface area contributed by atoms with E-state index in [4.69, 9.17) is 0 Å². The fourth-order valence-corrected chi connectivity index (χ4v) is 4.57. The lowest BCUT2D eigenvalue weighted by molar-refractivity contribution is 0.846. The van der Waals surface area contributed by atoms with E-state index in [9.17, 15) is 4.79 Å². The third-order valence-corrected chi connectivity index (χ3v) is 6.32. The van der Waals surface area contributed by atoms with Gasteiger partial charge in [0.25, 0.3) is 5.56 Å². The summed E-state index contributed by atoms with van der Waals surface area (Å²) >= 11 is 4.90. The highest BCUT2D eigenvalue weighted by atomic mass is 32.2. The molecule has 0 atom stereocenters. The van der Waals surface area contributed by atoms with Gasteiger partial charge in [-0.2, -0.15) is 11.8 Å². The highest BCUT2D eigenvalue weighted by molar-refractivity contribution is 8.15. The Morgan fingerprint density at radius 2 is 2.17 bits per heavy atom. The van der Waals surface area contributed by atoms with Crippen molar-refractivity contribution in [2.75, 3.05) is 11.3 Å². The zero-order valence-corrected chi connectivity index (χ0v) is 15.7. The number of para-hydroxylation sites is 1. The first-order valence-electron chi connectivity index (χ1n) is 7.40. The van der Waals surface area contributed by atoms with Crippen molar-refractivity contribution < 1.29 is 0 Å². The van der Waals surface area contributed by atoms with E-state index in [1.807, 2.05) is 24.5 Å². The second kappa shape index (κ2) is 8.00. The van der Waals surface area contributed by atoms with Crippen LogP contribution in [0.3, 0.4) is 0 Å². The molecule has 124 valence electrons. The topological polar surface area (TPSA) is 58.6 Å². The first-order valence-corrected chi connectivity index (χ1v) is 10.6. The molecule has 2 aromatic heterocycles. The van der Waals surface area contributed by atoms with Crippen molar-refractivity contribution in [3.63, 3.8) is 0 Å². The summed E-state index contributed by atoms with van der Waals surface area (Å²) < 4.78 is 1.15. The molecule has 3 rings (SSSR count). The van der Waals surface area contributed by atoms with Crippen LogP contribution in [0.15, 0.2) is 46.9 Å². The number of aromatic nitrogens is 3. The first kappa shape index (κ1) is 17.3. The Balaban J connectivity index is 1.98. The third kappa shape index (κ3) is 3.91.